The lowest BCUT2D eigenvalue weighted by atomic mass is 10.1. The van der Waals surface area contributed by atoms with Crippen LogP contribution in [0.4, 0.5) is 0 Å². The summed E-state index contributed by atoms with van der Waals surface area (Å²) in [6.07, 6.45) is 19.8. The van der Waals surface area contributed by atoms with Crippen LogP contribution in [0.2, 0.25) is 0 Å². The van der Waals surface area contributed by atoms with Crippen molar-refractivity contribution in [1.29, 1.82) is 0 Å². The molecule has 0 aromatic rings. The molecule has 3 heteroatoms. The molecule has 0 radical (unpaired) electrons. The molecule has 2 nitrogen and oxygen atoms in total. The fraction of sp³-hybridized carbons (Fsp3) is 0.842. The summed E-state index contributed by atoms with van der Waals surface area (Å²) >= 11 is 5.61. The minimum absolute atomic E-state index is 0.301. The topological polar surface area (TPSA) is 26.3 Å². The summed E-state index contributed by atoms with van der Waals surface area (Å²) in [6.45, 7) is 4.39. The van der Waals surface area contributed by atoms with Crippen LogP contribution in [0, 0.1) is 0 Å². The lowest BCUT2D eigenvalue weighted by Crippen LogP contribution is -2.14. The zero-order valence-electron chi connectivity index (χ0n) is 14.6. The van der Waals surface area contributed by atoms with E-state index in [1.807, 2.05) is 0 Å². The van der Waals surface area contributed by atoms with Gasteiger partial charge in [0.1, 0.15) is 5.38 Å². The van der Waals surface area contributed by atoms with Crippen LogP contribution in [0.25, 0.3) is 0 Å². The van der Waals surface area contributed by atoms with Crippen molar-refractivity contribution in [2.75, 3.05) is 6.61 Å². The quantitative estimate of drug-likeness (QED) is 0.150. The van der Waals surface area contributed by atoms with E-state index in [4.69, 9.17) is 16.3 Å². The zero-order valence-corrected chi connectivity index (χ0v) is 15.4. The van der Waals surface area contributed by atoms with Crippen molar-refractivity contribution in [2.45, 2.75) is 96.3 Å². The highest BCUT2D eigenvalue weighted by Gasteiger charge is 2.09. The number of esters is 1. The normalized spacial score (nSPS) is 12.7. The Bertz CT molecular complexity index is 275. The number of unbranched alkanes of at least 4 members (excludes halogenated alkanes) is 10. The second kappa shape index (κ2) is 16.9. The zero-order chi connectivity index (χ0) is 16.5. The predicted octanol–water partition coefficient (Wildman–Crippen LogP) is 6.41. The van der Waals surface area contributed by atoms with Crippen molar-refractivity contribution in [3.63, 3.8) is 0 Å². The highest BCUT2D eigenvalue weighted by Crippen LogP contribution is 2.10. The van der Waals surface area contributed by atoms with E-state index >= 15 is 0 Å². The van der Waals surface area contributed by atoms with Gasteiger partial charge >= 0.3 is 5.97 Å². The van der Waals surface area contributed by atoms with Crippen LogP contribution >= 0.6 is 11.6 Å². The van der Waals surface area contributed by atoms with Gasteiger partial charge in [-0.1, -0.05) is 70.4 Å². The molecule has 0 saturated carbocycles. The number of hydrogen-bond donors (Lipinski definition) is 0. The molecular weight excluding hydrogens is 296 g/mol. The van der Waals surface area contributed by atoms with Gasteiger partial charge in [-0.15, -0.1) is 11.6 Å². The molecule has 22 heavy (non-hydrogen) atoms. The van der Waals surface area contributed by atoms with E-state index in [0.29, 0.717) is 6.61 Å². The Balaban J connectivity index is 3.11. The van der Waals surface area contributed by atoms with E-state index in [-0.39, 0.29) is 5.97 Å². The van der Waals surface area contributed by atoms with Crippen LogP contribution in [-0.4, -0.2) is 18.0 Å². The van der Waals surface area contributed by atoms with Crippen LogP contribution in [0.3, 0.4) is 0 Å². The van der Waals surface area contributed by atoms with Crippen LogP contribution < -0.4 is 0 Å². The minimum atomic E-state index is -0.526. The third kappa shape index (κ3) is 15.9. The van der Waals surface area contributed by atoms with Gasteiger partial charge < -0.3 is 4.74 Å². The van der Waals surface area contributed by atoms with Crippen molar-refractivity contribution in [3.8, 4) is 0 Å². The molecule has 0 aromatic carbocycles. The van der Waals surface area contributed by atoms with Crippen LogP contribution in [-0.2, 0) is 9.53 Å². The smallest absolute Gasteiger partial charge is 0.323 e. The maximum absolute atomic E-state index is 11.1. The summed E-state index contributed by atoms with van der Waals surface area (Å²) in [5.74, 6) is -0.301. The third-order valence-electron chi connectivity index (χ3n) is 3.73. The first-order valence-electron chi connectivity index (χ1n) is 9.14. The van der Waals surface area contributed by atoms with E-state index in [2.05, 4.69) is 19.1 Å². The molecule has 0 aliphatic carbocycles. The lowest BCUT2D eigenvalue weighted by molar-refractivity contribution is -0.142. The molecule has 130 valence electrons. The number of carbonyl (C=O) groups is 1. The monoisotopic (exact) mass is 330 g/mol. The van der Waals surface area contributed by atoms with Gasteiger partial charge in [0.25, 0.3) is 0 Å². The molecular formula is C19H35ClO2. The fourth-order valence-corrected chi connectivity index (χ4v) is 2.33. The predicted molar refractivity (Wildman–Crippen MR) is 96.5 cm³/mol. The molecule has 0 heterocycles. The first-order valence-corrected chi connectivity index (χ1v) is 9.57. The molecule has 0 aliphatic rings. The molecule has 0 bridgehead atoms. The Hall–Kier alpha value is -0.500. The Morgan fingerprint density at radius 3 is 1.95 bits per heavy atom. The lowest BCUT2D eigenvalue weighted by Gasteiger charge is -2.05. The summed E-state index contributed by atoms with van der Waals surface area (Å²) in [7, 11) is 0. The van der Waals surface area contributed by atoms with E-state index in [1.54, 1.807) is 6.92 Å². The third-order valence-corrected chi connectivity index (χ3v) is 3.90. The number of alkyl halides is 1. The largest absolute Gasteiger partial charge is 0.465 e. The fourth-order valence-electron chi connectivity index (χ4n) is 2.27. The van der Waals surface area contributed by atoms with Crippen molar-refractivity contribution in [3.05, 3.63) is 12.2 Å². The average molecular weight is 331 g/mol. The van der Waals surface area contributed by atoms with E-state index in [0.717, 1.165) is 12.8 Å². The minimum Gasteiger partial charge on any atom is -0.465 e. The first-order chi connectivity index (χ1) is 10.7. The summed E-state index contributed by atoms with van der Waals surface area (Å²) in [4.78, 5) is 11.1. The van der Waals surface area contributed by atoms with Crippen LogP contribution in [0.1, 0.15) is 90.9 Å². The van der Waals surface area contributed by atoms with Crippen molar-refractivity contribution >= 4 is 17.6 Å². The molecule has 1 unspecified atom stereocenters. The van der Waals surface area contributed by atoms with Crippen molar-refractivity contribution in [1.82, 2.24) is 0 Å². The van der Waals surface area contributed by atoms with Crippen molar-refractivity contribution in [2.24, 2.45) is 0 Å². The van der Waals surface area contributed by atoms with Gasteiger partial charge in [-0.05, 0) is 32.6 Å². The standard InChI is InChI=1S/C19H35ClO2/c1-3-4-5-6-7-8-9-10-11-12-13-14-15-16-17-22-19(21)18(2)20/h6-7,18H,3-5,8-17H2,1-2H3/b7-6-. The van der Waals surface area contributed by atoms with Gasteiger partial charge in [-0.3, -0.25) is 4.79 Å². The van der Waals surface area contributed by atoms with Gasteiger partial charge in [0, 0.05) is 0 Å². The highest BCUT2D eigenvalue weighted by molar-refractivity contribution is 6.29. The Kier molecular flexibility index (Phi) is 16.5. The Labute approximate surface area is 142 Å². The van der Waals surface area contributed by atoms with Gasteiger partial charge in [0.2, 0.25) is 0 Å². The highest BCUT2D eigenvalue weighted by atomic mass is 35.5. The SMILES string of the molecule is CCCC/C=C\CCCCCCCCCCOC(=O)C(C)Cl. The number of hydrogen-bond acceptors (Lipinski definition) is 2. The summed E-state index contributed by atoms with van der Waals surface area (Å²) in [5.41, 5.74) is 0. The molecule has 0 saturated heterocycles. The van der Waals surface area contributed by atoms with E-state index < -0.39 is 5.38 Å². The van der Waals surface area contributed by atoms with E-state index in [1.165, 1.54) is 64.2 Å². The number of halogens is 1. The maximum Gasteiger partial charge on any atom is 0.323 e. The number of rotatable bonds is 15. The van der Waals surface area contributed by atoms with Crippen LogP contribution in [0.5, 0.6) is 0 Å². The molecule has 0 aromatic heterocycles. The van der Waals surface area contributed by atoms with Gasteiger partial charge in [0.05, 0.1) is 6.61 Å². The second-order valence-electron chi connectivity index (χ2n) is 6.01. The number of ether oxygens (including phenoxy) is 1. The van der Waals surface area contributed by atoms with Crippen LogP contribution in [0.15, 0.2) is 12.2 Å². The van der Waals surface area contributed by atoms with Crippen molar-refractivity contribution < 1.29 is 9.53 Å². The molecule has 0 rings (SSSR count). The average Bonchev–Trinajstić information content (AvgIpc) is 2.50. The molecule has 0 aliphatic heterocycles. The number of allylic oxidation sites excluding steroid dienone is 2. The molecule has 0 amide bonds. The molecule has 0 spiro atoms. The van der Waals surface area contributed by atoms with E-state index in [9.17, 15) is 4.79 Å². The second-order valence-corrected chi connectivity index (χ2v) is 6.67. The molecule has 1 atom stereocenters. The Morgan fingerprint density at radius 1 is 0.909 bits per heavy atom. The Morgan fingerprint density at radius 2 is 1.41 bits per heavy atom. The molecule has 0 fully saturated rings. The number of carbonyl (C=O) groups excluding carboxylic acids is 1. The van der Waals surface area contributed by atoms with Gasteiger partial charge in [-0.2, -0.15) is 0 Å². The molecule has 0 N–H and O–H groups in total. The summed E-state index contributed by atoms with van der Waals surface area (Å²) in [6, 6.07) is 0. The summed E-state index contributed by atoms with van der Waals surface area (Å²) in [5, 5.41) is -0.526. The van der Waals surface area contributed by atoms with Gasteiger partial charge in [0.15, 0.2) is 0 Å². The summed E-state index contributed by atoms with van der Waals surface area (Å²) < 4.78 is 5.03. The first kappa shape index (κ1) is 21.5. The van der Waals surface area contributed by atoms with Gasteiger partial charge in [-0.25, -0.2) is 0 Å². The maximum atomic E-state index is 11.1.